The van der Waals surface area contributed by atoms with E-state index in [1.165, 1.54) is 0 Å². The van der Waals surface area contributed by atoms with Crippen molar-refractivity contribution in [1.82, 2.24) is 34.3 Å². The minimum absolute atomic E-state index is 0.239. The molecule has 1 aliphatic carbocycles. The Morgan fingerprint density at radius 2 is 2.09 bits per heavy atom. The van der Waals surface area contributed by atoms with Crippen molar-refractivity contribution in [3.05, 3.63) is 87.4 Å². The second-order valence-electron chi connectivity index (χ2n) is 8.11. The van der Waals surface area contributed by atoms with Gasteiger partial charge < -0.3 is 15.4 Å². The van der Waals surface area contributed by atoms with Crippen molar-refractivity contribution in [1.29, 1.82) is 0 Å². The zero-order valence-corrected chi connectivity index (χ0v) is 18.0. The van der Waals surface area contributed by atoms with Crippen LogP contribution in [0.4, 0.5) is 5.82 Å². The molecule has 1 aliphatic rings. The van der Waals surface area contributed by atoms with Gasteiger partial charge in [0.15, 0.2) is 11.1 Å². The molecule has 0 atom stereocenters. The Morgan fingerprint density at radius 3 is 2.85 bits per heavy atom. The second-order valence-corrected chi connectivity index (χ2v) is 8.11. The molecule has 34 heavy (non-hydrogen) atoms. The molecule has 0 bridgehead atoms. The molecule has 0 amide bonds. The molecule has 170 valence electrons. The number of benzene rings is 1. The molecule has 6 rings (SSSR count). The van der Waals surface area contributed by atoms with Gasteiger partial charge in [0.2, 0.25) is 5.88 Å². The number of hydrogen-bond donors (Lipinski definition) is 4. The Morgan fingerprint density at radius 1 is 1.21 bits per heavy atom. The maximum absolute atomic E-state index is 11.5. The first-order chi connectivity index (χ1) is 16.6. The summed E-state index contributed by atoms with van der Waals surface area (Å²) in [5, 5.41) is 22.8. The summed E-state index contributed by atoms with van der Waals surface area (Å²) in [6.45, 7) is 0.529. The summed E-state index contributed by atoms with van der Waals surface area (Å²) in [6, 6.07) is 12.1. The van der Waals surface area contributed by atoms with E-state index < -0.39 is 5.69 Å². The molecule has 0 saturated heterocycles. The Balaban J connectivity index is 1.41. The Labute approximate surface area is 192 Å². The molecule has 0 radical (unpaired) electrons. The van der Waals surface area contributed by atoms with E-state index in [4.69, 9.17) is 9.98 Å². The molecule has 1 saturated carbocycles. The number of H-pyrrole nitrogens is 2. The molecule has 4 N–H and O–H groups in total. The van der Waals surface area contributed by atoms with Crippen molar-refractivity contribution < 1.29 is 5.11 Å². The number of imidazole rings is 1. The summed E-state index contributed by atoms with van der Waals surface area (Å²) >= 11 is 0. The number of aromatic nitrogens is 7. The highest BCUT2D eigenvalue weighted by Crippen LogP contribution is 2.22. The minimum Gasteiger partial charge on any atom is -0.493 e. The number of nitrogens with zero attached hydrogens (tertiary/aromatic N) is 6. The summed E-state index contributed by atoms with van der Waals surface area (Å²) in [6.07, 6.45) is 9.03. The molecular formula is C23H21N9O2. The number of aromatic hydroxyl groups is 1. The van der Waals surface area contributed by atoms with Crippen molar-refractivity contribution in [3.63, 3.8) is 0 Å². The largest absolute Gasteiger partial charge is 0.493 e. The lowest BCUT2D eigenvalue weighted by Gasteiger charge is -2.11. The van der Waals surface area contributed by atoms with Gasteiger partial charge in [0, 0.05) is 30.2 Å². The maximum atomic E-state index is 11.5. The Hall–Kier alpha value is -4.67. The van der Waals surface area contributed by atoms with Crippen LogP contribution in [0.2, 0.25) is 0 Å². The van der Waals surface area contributed by atoms with Crippen LogP contribution in [0.3, 0.4) is 0 Å². The van der Waals surface area contributed by atoms with Crippen LogP contribution in [0.5, 0.6) is 5.88 Å². The third kappa shape index (κ3) is 3.83. The van der Waals surface area contributed by atoms with Crippen LogP contribution in [0.25, 0.3) is 17.4 Å². The smallest absolute Gasteiger partial charge is 0.326 e. The predicted octanol–water partition coefficient (Wildman–Crippen LogP) is 0.860. The highest BCUT2D eigenvalue weighted by atomic mass is 16.3. The van der Waals surface area contributed by atoms with Gasteiger partial charge in [-0.25, -0.2) is 14.5 Å². The van der Waals surface area contributed by atoms with Gasteiger partial charge in [-0.2, -0.15) is 14.7 Å². The van der Waals surface area contributed by atoms with E-state index in [-0.39, 0.29) is 11.6 Å². The topological polar surface area (TPSA) is 141 Å². The summed E-state index contributed by atoms with van der Waals surface area (Å²) in [5.41, 5.74) is 3.07. The third-order valence-corrected chi connectivity index (χ3v) is 5.58. The Kier molecular flexibility index (Phi) is 4.72. The molecule has 0 unspecified atom stereocenters. The molecule has 0 aliphatic heterocycles. The first-order valence-corrected chi connectivity index (χ1v) is 10.9. The van der Waals surface area contributed by atoms with E-state index in [2.05, 4.69) is 25.5 Å². The number of anilines is 1. The number of para-hydroxylation sites is 1. The molecule has 11 heteroatoms. The van der Waals surface area contributed by atoms with E-state index in [0.29, 0.717) is 34.8 Å². The summed E-state index contributed by atoms with van der Waals surface area (Å²) in [5.74, 6) is 0.404. The summed E-state index contributed by atoms with van der Waals surface area (Å²) < 4.78 is 3.50. The lowest BCUT2D eigenvalue weighted by molar-refractivity contribution is 0.454. The van der Waals surface area contributed by atoms with Gasteiger partial charge in [-0.1, -0.05) is 18.2 Å². The third-order valence-electron chi connectivity index (χ3n) is 5.58. The van der Waals surface area contributed by atoms with Crippen LogP contribution in [0.15, 0.2) is 64.8 Å². The van der Waals surface area contributed by atoms with E-state index in [1.54, 1.807) is 23.0 Å². The molecule has 4 aromatic heterocycles. The quantitative estimate of drug-likeness (QED) is 0.299. The van der Waals surface area contributed by atoms with E-state index >= 15 is 0 Å². The lowest BCUT2D eigenvalue weighted by atomic mass is 10.2. The highest BCUT2D eigenvalue weighted by molar-refractivity contribution is 5.58. The van der Waals surface area contributed by atoms with Gasteiger partial charge in [-0.05, 0) is 36.6 Å². The van der Waals surface area contributed by atoms with Crippen molar-refractivity contribution in [2.24, 2.45) is 4.99 Å². The molecule has 5 aromatic rings. The van der Waals surface area contributed by atoms with Crippen LogP contribution < -0.4 is 21.7 Å². The minimum atomic E-state index is -0.490. The number of hydrogen-bond acceptors (Lipinski definition) is 7. The number of aromatic amines is 2. The van der Waals surface area contributed by atoms with Crippen molar-refractivity contribution >= 4 is 17.5 Å². The molecule has 0 spiro atoms. The SMILES string of the molecule is O=c1[nH]c(O)c(/C=c2/cnn3c(=NC4CC4)cc(NCc4ccccc4-n4cccn4)nc23)[nH]1. The fourth-order valence-corrected chi connectivity index (χ4v) is 3.77. The maximum Gasteiger partial charge on any atom is 0.326 e. The van der Waals surface area contributed by atoms with Crippen LogP contribution in [-0.4, -0.2) is 45.5 Å². The Bertz CT molecular complexity index is 1660. The zero-order valence-electron chi connectivity index (χ0n) is 18.0. The van der Waals surface area contributed by atoms with Crippen LogP contribution in [0.1, 0.15) is 24.1 Å². The zero-order chi connectivity index (χ0) is 23.1. The summed E-state index contributed by atoms with van der Waals surface area (Å²) in [4.78, 5) is 25.9. The average molecular weight is 455 g/mol. The molecule has 1 fully saturated rings. The van der Waals surface area contributed by atoms with Gasteiger partial charge in [-0.15, -0.1) is 0 Å². The first kappa shape index (κ1) is 20.0. The van der Waals surface area contributed by atoms with Gasteiger partial charge >= 0.3 is 5.69 Å². The van der Waals surface area contributed by atoms with Crippen molar-refractivity contribution in [2.75, 3.05) is 5.32 Å². The molecule has 11 nitrogen and oxygen atoms in total. The molecule has 4 heterocycles. The van der Waals surface area contributed by atoms with Gasteiger partial charge in [0.05, 0.1) is 17.9 Å². The first-order valence-electron chi connectivity index (χ1n) is 10.9. The van der Waals surface area contributed by atoms with Crippen LogP contribution in [-0.2, 0) is 6.54 Å². The summed E-state index contributed by atoms with van der Waals surface area (Å²) in [7, 11) is 0. The average Bonchev–Trinajstić information content (AvgIpc) is 3.20. The number of nitrogens with one attached hydrogen (secondary N) is 3. The van der Waals surface area contributed by atoms with Gasteiger partial charge in [0.25, 0.3) is 0 Å². The predicted molar refractivity (Wildman–Crippen MR) is 124 cm³/mol. The second kappa shape index (κ2) is 8.03. The standard InChI is InChI=1S/C23H21N9O2/c33-22-17(28-23(34)30-22)10-15-13-26-32-20(27-16-6-7-16)11-19(29-21(15)32)24-12-14-4-1-2-5-18(14)31-9-3-8-25-31/h1-5,8-11,13,16,24,33H,6-7,12H2,(H2,28,30,34)/b15-10-,27-20?. The van der Waals surface area contributed by atoms with Gasteiger partial charge in [0.1, 0.15) is 11.5 Å². The highest BCUT2D eigenvalue weighted by Gasteiger charge is 2.20. The van der Waals surface area contributed by atoms with E-state index in [9.17, 15) is 9.90 Å². The monoisotopic (exact) mass is 455 g/mol. The van der Waals surface area contributed by atoms with E-state index in [0.717, 1.165) is 24.1 Å². The lowest BCUT2D eigenvalue weighted by Crippen LogP contribution is -2.20. The van der Waals surface area contributed by atoms with Crippen molar-refractivity contribution in [2.45, 2.75) is 25.4 Å². The number of fused-ring (bicyclic) bond motifs is 1. The van der Waals surface area contributed by atoms with Crippen LogP contribution in [0, 0.1) is 0 Å². The van der Waals surface area contributed by atoms with Gasteiger partial charge in [-0.3, -0.25) is 9.98 Å². The molecular weight excluding hydrogens is 434 g/mol. The fourth-order valence-electron chi connectivity index (χ4n) is 3.77. The normalized spacial score (nSPS) is 14.8. The van der Waals surface area contributed by atoms with E-state index in [1.807, 2.05) is 47.3 Å². The van der Waals surface area contributed by atoms with Crippen LogP contribution >= 0.6 is 0 Å². The fraction of sp³-hybridized carbons (Fsp3) is 0.174. The number of rotatable bonds is 6. The molecule has 1 aromatic carbocycles. The van der Waals surface area contributed by atoms with Crippen molar-refractivity contribution in [3.8, 4) is 11.6 Å².